The van der Waals surface area contributed by atoms with Gasteiger partial charge in [-0.25, -0.2) is 0 Å². The number of nitrogens with one attached hydrogen (secondary N) is 2. The first-order chi connectivity index (χ1) is 10.0. The van der Waals surface area contributed by atoms with E-state index < -0.39 is 0 Å². The van der Waals surface area contributed by atoms with Crippen LogP contribution in [0.15, 0.2) is 17.1 Å². The molecule has 1 aromatic rings. The molecule has 1 aliphatic heterocycles. The van der Waals surface area contributed by atoms with Crippen molar-refractivity contribution in [3.63, 3.8) is 0 Å². The van der Waals surface area contributed by atoms with Crippen molar-refractivity contribution in [2.24, 2.45) is 0 Å². The number of carbonyl (C=O) groups is 2. The summed E-state index contributed by atoms with van der Waals surface area (Å²) in [6.07, 6.45) is 3.39. The van der Waals surface area contributed by atoms with Gasteiger partial charge < -0.3 is 15.2 Å². The lowest BCUT2D eigenvalue weighted by Crippen LogP contribution is -2.47. The third-order valence-corrected chi connectivity index (χ3v) is 3.76. The molecule has 0 spiro atoms. The number of pyridine rings is 1. The Hall–Kier alpha value is -2.11. The lowest BCUT2D eigenvalue weighted by Gasteiger charge is -2.32. The Morgan fingerprint density at radius 3 is 2.62 bits per heavy atom. The number of aromatic nitrogens is 1. The van der Waals surface area contributed by atoms with Crippen molar-refractivity contribution >= 4 is 11.8 Å². The average Bonchev–Trinajstić information content (AvgIpc) is 2.47. The van der Waals surface area contributed by atoms with Crippen molar-refractivity contribution in [1.29, 1.82) is 0 Å². The normalized spacial score (nSPS) is 15.8. The largest absolute Gasteiger partial charge is 0.364 e. The van der Waals surface area contributed by atoms with E-state index in [2.05, 4.69) is 10.3 Å². The summed E-state index contributed by atoms with van der Waals surface area (Å²) < 4.78 is 0. The number of rotatable bonds is 3. The van der Waals surface area contributed by atoms with E-state index in [4.69, 9.17) is 0 Å². The highest BCUT2D eigenvalue weighted by Gasteiger charge is 2.25. The van der Waals surface area contributed by atoms with Crippen molar-refractivity contribution in [3.05, 3.63) is 33.7 Å². The summed E-state index contributed by atoms with van der Waals surface area (Å²) >= 11 is 0. The van der Waals surface area contributed by atoms with Crippen LogP contribution in [0.2, 0.25) is 0 Å². The van der Waals surface area contributed by atoms with Crippen molar-refractivity contribution < 1.29 is 9.59 Å². The lowest BCUT2D eigenvalue weighted by molar-refractivity contribution is -0.121. The number of carbonyl (C=O) groups excluding carboxylic acids is 2. The zero-order chi connectivity index (χ0) is 15.4. The maximum absolute atomic E-state index is 12.3. The van der Waals surface area contributed by atoms with Gasteiger partial charge in [0, 0.05) is 43.5 Å². The van der Waals surface area contributed by atoms with Crippen LogP contribution in [-0.4, -0.2) is 40.8 Å². The smallest absolute Gasteiger partial charge is 0.259 e. The number of nitrogens with zero attached hydrogens (tertiary/aromatic N) is 1. The SMILES string of the molecule is CCC(=O)NC1CCN(C(=O)c2c[nH]c(C)cc2=O)CC1. The Labute approximate surface area is 123 Å². The minimum absolute atomic E-state index is 0.0368. The third-order valence-electron chi connectivity index (χ3n) is 3.76. The zero-order valence-corrected chi connectivity index (χ0v) is 12.4. The molecule has 6 heteroatoms. The van der Waals surface area contributed by atoms with Gasteiger partial charge in [0.05, 0.1) is 0 Å². The fourth-order valence-electron chi connectivity index (χ4n) is 2.47. The van der Waals surface area contributed by atoms with Gasteiger partial charge in [0.15, 0.2) is 5.43 Å². The van der Waals surface area contributed by atoms with Crippen LogP contribution in [0.1, 0.15) is 42.2 Å². The molecule has 0 unspecified atom stereocenters. The topological polar surface area (TPSA) is 82.3 Å². The molecular formula is C15H21N3O3. The van der Waals surface area contributed by atoms with E-state index in [1.165, 1.54) is 12.3 Å². The van der Waals surface area contributed by atoms with Crippen LogP contribution in [0.25, 0.3) is 0 Å². The predicted octanol–water partition coefficient (Wildman–Crippen LogP) is 0.814. The summed E-state index contributed by atoms with van der Waals surface area (Å²) in [5, 5.41) is 2.94. The van der Waals surface area contributed by atoms with Gasteiger partial charge in [-0.3, -0.25) is 14.4 Å². The molecule has 0 aliphatic carbocycles. The molecule has 114 valence electrons. The number of amides is 2. The standard InChI is InChI=1S/C15H21N3O3/c1-3-14(20)17-11-4-6-18(7-5-11)15(21)12-9-16-10(2)8-13(12)19/h8-9,11H,3-7H2,1-2H3,(H,16,19)(H,17,20). The molecule has 1 aliphatic rings. The fraction of sp³-hybridized carbons (Fsp3) is 0.533. The van der Waals surface area contributed by atoms with Crippen LogP contribution in [0.3, 0.4) is 0 Å². The molecule has 0 saturated carbocycles. The van der Waals surface area contributed by atoms with Gasteiger partial charge in [-0.1, -0.05) is 6.92 Å². The summed E-state index contributed by atoms with van der Waals surface area (Å²) in [5.41, 5.74) is 0.659. The highest BCUT2D eigenvalue weighted by molar-refractivity contribution is 5.93. The highest BCUT2D eigenvalue weighted by atomic mass is 16.2. The van der Waals surface area contributed by atoms with Gasteiger partial charge in [0.25, 0.3) is 5.91 Å². The Kier molecular flexibility index (Phi) is 4.77. The molecule has 6 nitrogen and oxygen atoms in total. The molecule has 2 amide bonds. The Bertz CT molecular complexity index is 586. The van der Waals surface area contributed by atoms with Crippen molar-refractivity contribution in [2.75, 3.05) is 13.1 Å². The molecule has 21 heavy (non-hydrogen) atoms. The number of aryl methyl sites for hydroxylation is 1. The molecule has 0 aromatic carbocycles. The molecule has 0 bridgehead atoms. The first kappa shape index (κ1) is 15.3. The summed E-state index contributed by atoms with van der Waals surface area (Å²) in [5.74, 6) is -0.203. The number of hydrogen-bond donors (Lipinski definition) is 2. The number of hydrogen-bond acceptors (Lipinski definition) is 3. The van der Waals surface area contributed by atoms with E-state index in [1.807, 2.05) is 6.92 Å². The maximum atomic E-state index is 12.3. The van der Waals surface area contributed by atoms with E-state index in [1.54, 1.807) is 11.8 Å². The number of likely N-dealkylation sites (tertiary alicyclic amines) is 1. The van der Waals surface area contributed by atoms with Gasteiger partial charge in [-0.05, 0) is 19.8 Å². The minimum atomic E-state index is -0.252. The van der Waals surface area contributed by atoms with Gasteiger partial charge in [0.1, 0.15) is 5.56 Å². The number of piperidine rings is 1. The maximum Gasteiger partial charge on any atom is 0.259 e. The molecule has 0 atom stereocenters. The van der Waals surface area contributed by atoms with E-state index in [-0.39, 0.29) is 28.8 Å². The monoisotopic (exact) mass is 291 g/mol. The molecule has 1 aromatic heterocycles. The predicted molar refractivity (Wildman–Crippen MR) is 79.2 cm³/mol. The average molecular weight is 291 g/mol. The van der Waals surface area contributed by atoms with Crippen molar-refractivity contribution in [1.82, 2.24) is 15.2 Å². The summed E-state index contributed by atoms with van der Waals surface area (Å²) in [4.78, 5) is 40.1. The Morgan fingerprint density at radius 2 is 2.05 bits per heavy atom. The lowest BCUT2D eigenvalue weighted by atomic mass is 10.0. The third kappa shape index (κ3) is 3.71. The molecule has 2 heterocycles. The molecular weight excluding hydrogens is 270 g/mol. The molecule has 1 fully saturated rings. The van der Waals surface area contributed by atoms with Crippen molar-refractivity contribution in [3.8, 4) is 0 Å². The first-order valence-electron chi connectivity index (χ1n) is 7.29. The zero-order valence-electron chi connectivity index (χ0n) is 12.4. The van der Waals surface area contributed by atoms with Gasteiger partial charge in [-0.15, -0.1) is 0 Å². The second kappa shape index (κ2) is 6.56. The number of H-pyrrole nitrogens is 1. The van der Waals surface area contributed by atoms with Crippen LogP contribution in [0.5, 0.6) is 0 Å². The molecule has 2 N–H and O–H groups in total. The van der Waals surface area contributed by atoms with Crippen LogP contribution in [0.4, 0.5) is 0 Å². The minimum Gasteiger partial charge on any atom is -0.364 e. The summed E-state index contributed by atoms with van der Waals surface area (Å²) in [6, 6.07) is 1.55. The van der Waals surface area contributed by atoms with E-state index >= 15 is 0 Å². The van der Waals surface area contributed by atoms with Crippen LogP contribution >= 0.6 is 0 Å². The van der Waals surface area contributed by atoms with Crippen LogP contribution in [-0.2, 0) is 4.79 Å². The van der Waals surface area contributed by atoms with E-state index in [0.717, 1.165) is 18.5 Å². The first-order valence-corrected chi connectivity index (χ1v) is 7.29. The Balaban J connectivity index is 1.97. The van der Waals surface area contributed by atoms with Gasteiger partial charge in [0.2, 0.25) is 5.91 Å². The van der Waals surface area contributed by atoms with Gasteiger partial charge >= 0.3 is 0 Å². The Morgan fingerprint density at radius 1 is 1.38 bits per heavy atom. The van der Waals surface area contributed by atoms with Crippen LogP contribution in [0, 0.1) is 6.92 Å². The number of aromatic amines is 1. The quantitative estimate of drug-likeness (QED) is 0.864. The molecule has 0 radical (unpaired) electrons. The highest BCUT2D eigenvalue weighted by Crippen LogP contribution is 2.12. The second-order valence-electron chi connectivity index (χ2n) is 5.38. The van der Waals surface area contributed by atoms with E-state index in [9.17, 15) is 14.4 Å². The summed E-state index contributed by atoms with van der Waals surface area (Å²) in [7, 11) is 0. The van der Waals surface area contributed by atoms with Crippen LogP contribution < -0.4 is 10.7 Å². The van der Waals surface area contributed by atoms with Gasteiger partial charge in [-0.2, -0.15) is 0 Å². The fourth-order valence-corrected chi connectivity index (χ4v) is 2.47. The van der Waals surface area contributed by atoms with E-state index in [0.29, 0.717) is 19.5 Å². The second-order valence-corrected chi connectivity index (χ2v) is 5.38. The molecule has 2 rings (SSSR count). The summed E-state index contributed by atoms with van der Waals surface area (Å²) in [6.45, 7) is 4.71. The molecule has 1 saturated heterocycles. The van der Waals surface area contributed by atoms with Crippen molar-refractivity contribution in [2.45, 2.75) is 39.2 Å².